The highest BCUT2D eigenvalue weighted by Crippen LogP contribution is 2.46. The van der Waals surface area contributed by atoms with Crippen LogP contribution in [-0.2, 0) is 10.8 Å². The third kappa shape index (κ3) is 4.70. The van der Waals surface area contributed by atoms with Gasteiger partial charge in [0, 0.05) is 59.1 Å². The molecule has 4 heteroatoms. The van der Waals surface area contributed by atoms with Crippen molar-refractivity contribution in [2.75, 3.05) is 5.32 Å². The highest BCUT2D eigenvalue weighted by Gasteiger charge is 2.30. The molecule has 1 aliphatic rings. The minimum Gasteiger partial charge on any atom is -0.355 e. The van der Waals surface area contributed by atoms with E-state index in [1.54, 1.807) is 0 Å². The first-order valence-electron chi connectivity index (χ1n) is 18.4. The standard InChI is InChI=1S/C48H40BN2S/c1-47(2,3)28-19-22-30(23-20-28)50-38-26-35-31-13-10-12-18-41(31)52-42(35)27-36(38)43-32-14-7-8-15-33(32)44-34-16-9-11-17-39(34)51-40-24-21-29(48(4,5)6)25-37(40)49-45(43)46(44)51/h7-27,50H,1-6H3. The number of nitrogens with zero attached hydrogens (tertiary/aromatic N) is 1. The van der Waals surface area contributed by atoms with E-state index >= 15 is 0 Å². The smallest absolute Gasteiger partial charge is 0.197 e. The molecule has 0 atom stereocenters. The molecule has 0 aliphatic carbocycles. The van der Waals surface area contributed by atoms with Gasteiger partial charge < -0.3 is 9.88 Å². The van der Waals surface area contributed by atoms with Crippen molar-refractivity contribution in [2.24, 2.45) is 0 Å². The van der Waals surface area contributed by atoms with Gasteiger partial charge >= 0.3 is 0 Å². The summed E-state index contributed by atoms with van der Waals surface area (Å²) in [6.45, 7) is 13.7. The lowest BCUT2D eigenvalue weighted by atomic mass is 9.57. The van der Waals surface area contributed by atoms with Gasteiger partial charge in [0.25, 0.3) is 0 Å². The van der Waals surface area contributed by atoms with Crippen molar-refractivity contribution in [1.82, 2.24) is 4.57 Å². The van der Waals surface area contributed by atoms with Gasteiger partial charge in [0.05, 0.1) is 5.52 Å². The molecule has 9 aromatic rings. The normalized spacial score (nSPS) is 13.0. The molecule has 251 valence electrons. The van der Waals surface area contributed by atoms with E-state index in [1.165, 1.54) is 91.6 Å². The van der Waals surface area contributed by atoms with E-state index in [4.69, 9.17) is 0 Å². The second-order valence-corrected chi connectivity index (χ2v) is 17.6. The minimum atomic E-state index is 0.0370. The fourth-order valence-corrected chi connectivity index (χ4v) is 9.54. The fraction of sp³-hybridized carbons (Fsp3) is 0.167. The third-order valence-corrected chi connectivity index (χ3v) is 12.2. The second-order valence-electron chi connectivity index (χ2n) is 16.5. The van der Waals surface area contributed by atoms with E-state index in [0.29, 0.717) is 0 Å². The van der Waals surface area contributed by atoms with Crippen LogP contribution in [0.15, 0.2) is 127 Å². The van der Waals surface area contributed by atoms with Gasteiger partial charge in [-0.3, -0.25) is 0 Å². The maximum Gasteiger partial charge on any atom is 0.197 e. The molecule has 0 unspecified atom stereocenters. The fourth-order valence-electron chi connectivity index (χ4n) is 8.42. The minimum absolute atomic E-state index is 0.0370. The summed E-state index contributed by atoms with van der Waals surface area (Å²) in [6, 6.07) is 47.8. The zero-order chi connectivity index (χ0) is 35.5. The first-order chi connectivity index (χ1) is 25.0. The molecule has 1 N–H and O–H groups in total. The average molecular weight is 688 g/mol. The van der Waals surface area contributed by atoms with Gasteiger partial charge in [0.2, 0.25) is 0 Å². The van der Waals surface area contributed by atoms with Crippen LogP contribution in [0.4, 0.5) is 11.4 Å². The van der Waals surface area contributed by atoms with Crippen molar-refractivity contribution < 1.29 is 0 Å². The third-order valence-electron chi connectivity index (χ3n) is 11.1. The molecule has 7 aromatic carbocycles. The Hall–Kier alpha value is -5.32. The number of aromatic nitrogens is 1. The lowest BCUT2D eigenvalue weighted by Gasteiger charge is -2.27. The first kappa shape index (κ1) is 31.4. The number of para-hydroxylation sites is 1. The largest absolute Gasteiger partial charge is 0.355 e. The lowest BCUT2D eigenvalue weighted by Crippen LogP contribution is -2.38. The van der Waals surface area contributed by atoms with Crippen molar-refractivity contribution in [1.29, 1.82) is 0 Å². The topological polar surface area (TPSA) is 17.0 Å². The molecule has 2 nitrogen and oxygen atoms in total. The number of hydrogen-bond donors (Lipinski definition) is 1. The van der Waals surface area contributed by atoms with E-state index in [9.17, 15) is 0 Å². The Morgan fingerprint density at radius 1 is 0.577 bits per heavy atom. The summed E-state index contributed by atoms with van der Waals surface area (Å²) >= 11 is 1.88. The lowest BCUT2D eigenvalue weighted by molar-refractivity contribution is 0.590. The zero-order valence-corrected chi connectivity index (χ0v) is 31.4. The van der Waals surface area contributed by atoms with E-state index in [0.717, 1.165) is 11.4 Å². The predicted octanol–water partition coefficient (Wildman–Crippen LogP) is 12.3. The summed E-state index contributed by atoms with van der Waals surface area (Å²) in [4.78, 5) is 0. The van der Waals surface area contributed by atoms with Gasteiger partial charge in [0.1, 0.15) is 0 Å². The van der Waals surface area contributed by atoms with Crippen LogP contribution in [0.2, 0.25) is 0 Å². The summed E-state index contributed by atoms with van der Waals surface area (Å²) in [7, 11) is 2.48. The van der Waals surface area contributed by atoms with Crippen LogP contribution in [0.3, 0.4) is 0 Å². The maximum atomic E-state index is 3.95. The Morgan fingerprint density at radius 3 is 1.98 bits per heavy atom. The Bertz CT molecular complexity index is 2910. The molecular formula is C48H40BN2S. The number of hydrogen-bond acceptors (Lipinski definition) is 2. The summed E-state index contributed by atoms with van der Waals surface area (Å²) in [5.74, 6) is 0. The first-order valence-corrected chi connectivity index (χ1v) is 19.2. The number of rotatable bonds is 3. The van der Waals surface area contributed by atoms with Crippen molar-refractivity contribution >= 4 is 93.7 Å². The van der Waals surface area contributed by atoms with E-state index in [-0.39, 0.29) is 10.8 Å². The number of nitrogens with one attached hydrogen (secondary N) is 1. The van der Waals surface area contributed by atoms with Gasteiger partial charge in [-0.25, -0.2) is 0 Å². The van der Waals surface area contributed by atoms with Crippen molar-refractivity contribution in [3.63, 3.8) is 0 Å². The van der Waals surface area contributed by atoms with Gasteiger partial charge in [-0.1, -0.05) is 132 Å². The van der Waals surface area contributed by atoms with E-state index in [2.05, 4.69) is 186 Å². The highest BCUT2D eigenvalue weighted by atomic mass is 32.1. The molecule has 0 bridgehead atoms. The van der Waals surface area contributed by atoms with E-state index < -0.39 is 0 Å². The molecule has 0 saturated carbocycles. The summed E-state index contributed by atoms with van der Waals surface area (Å²) in [5, 5.41) is 11.7. The summed E-state index contributed by atoms with van der Waals surface area (Å²) in [5.41, 5.74) is 13.8. The van der Waals surface area contributed by atoms with Crippen LogP contribution in [-0.4, -0.2) is 11.8 Å². The quantitative estimate of drug-likeness (QED) is 0.183. The molecule has 1 aliphatic heterocycles. The van der Waals surface area contributed by atoms with Crippen LogP contribution in [0.25, 0.3) is 69.6 Å². The Balaban J connectivity index is 1.32. The number of thiophene rings is 1. The van der Waals surface area contributed by atoms with Gasteiger partial charge in [-0.2, -0.15) is 0 Å². The molecule has 0 spiro atoms. The van der Waals surface area contributed by atoms with Gasteiger partial charge in [-0.05, 0) is 86.2 Å². The number of fused-ring (bicyclic) bond motifs is 10. The summed E-state index contributed by atoms with van der Waals surface area (Å²) in [6.07, 6.45) is 0. The molecule has 0 fully saturated rings. The van der Waals surface area contributed by atoms with Crippen LogP contribution >= 0.6 is 11.3 Å². The molecule has 10 rings (SSSR count). The SMILES string of the molecule is CC(C)(C)c1ccc(Nc2cc3c(cc2-c2c4c5c(c6ccccc26)c2ccccc2n5-c2ccc(C(C)(C)C)cc2[B]4)sc2ccccc23)cc1. The van der Waals surface area contributed by atoms with Crippen LogP contribution < -0.4 is 16.2 Å². The van der Waals surface area contributed by atoms with Crippen molar-refractivity contribution in [3.8, 4) is 16.8 Å². The van der Waals surface area contributed by atoms with Crippen molar-refractivity contribution in [3.05, 3.63) is 139 Å². The zero-order valence-electron chi connectivity index (χ0n) is 30.6. The second kappa shape index (κ2) is 11.1. The maximum absolute atomic E-state index is 3.95. The number of anilines is 2. The molecule has 52 heavy (non-hydrogen) atoms. The molecular weight excluding hydrogens is 647 g/mol. The molecule has 0 saturated heterocycles. The van der Waals surface area contributed by atoms with Crippen molar-refractivity contribution in [2.45, 2.75) is 52.4 Å². The van der Waals surface area contributed by atoms with Gasteiger partial charge in [-0.15, -0.1) is 11.3 Å². The molecule has 0 amide bonds. The Morgan fingerprint density at radius 2 is 1.23 bits per heavy atom. The summed E-state index contributed by atoms with van der Waals surface area (Å²) < 4.78 is 5.15. The monoisotopic (exact) mass is 687 g/mol. The Labute approximate surface area is 310 Å². The van der Waals surface area contributed by atoms with Crippen LogP contribution in [0.1, 0.15) is 52.7 Å². The highest BCUT2D eigenvalue weighted by molar-refractivity contribution is 7.25. The van der Waals surface area contributed by atoms with Gasteiger partial charge in [0.15, 0.2) is 7.28 Å². The van der Waals surface area contributed by atoms with Crippen LogP contribution in [0.5, 0.6) is 0 Å². The molecule has 1 radical (unpaired) electrons. The number of benzene rings is 7. The predicted molar refractivity (Wildman–Crippen MR) is 229 cm³/mol. The Kier molecular flexibility index (Phi) is 6.70. The van der Waals surface area contributed by atoms with Crippen LogP contribution in [0, 0.1) is 0 Å². The molecule has 2 aromatic heterocycles. The average Bonchev–Trinajstić information content (AvgIpc) is 3.67. The van der Waals surface area contributed by atoms with E-state index in [1.807, 2.05) is 11.3 Å². The molecule has 3 heterocycles.